The zero-order chi connectivity index (χ0) is 20.0. The van der Waals surface area contributed by atoms with Crippen LogP contribution < -0.4 is 10.6 Å². The molecule has 0 radical (unpaired) electrons. The van der Waals surface area contributed by atoms with E-state index in [0.717, 1.165) is 30.0 Å². The highest BCUT2D eigenvalue weighted by molar-refractivity contribution is 7.99. The van der Waals surface area contributed by atoms with Gasteiger partial charge in [-0.1, -0.05) is 17.8 Å². The third kappa shape index (κ3) is 6.59. The summed E-state index contributed by atoms with van der Waals surface area (Å²) in [5, 5.41) is 12.7. The van der Waals surface area contributed by atoms with Gasteiger partial charge in [-0.05, 0) is 32.0 Å². The molecule has 2 rings (SSSR count). The van der Waals surface area contributed by atoms with E-state index >= 15 is 0 Å². The monoisotopic (exact) mass is 402 g/mol. The van der Waals surface area contributed by atoms with E-state index in [1.54, 1.807) is 0 Å². The van der Waals surface area contributed by atoms with E-state index < -0.39 is 17.6 Å². The summed E-state index contributed by atoms with van der Waals surface area (Å²) in [5.41, 5.74) is -1.05. The van der Waals surface area contributed by atoms with Crippen molar-refractivity contribution in [3.8, 4) is 0 Å². The van der Waals surface area contributed by atoms with Gasteiger partial charge in [0.05, 0.1) is 17.9 Å². The number of halogens is 3. The summed E-state index contributed by atoms with van der Waals surface area (Å²) in [4.78, 5) is 23.5. The Labute approximate surface area is 157 Å². The molecule has 146 valence electrons. The number of aromatic nitrogens is 2. The Morgan fingerprint density at radius 1 is 1.26 bits per heavy atom. The third-order valence-electron chi connectivity index (χ3n) is 3.08. The fraction of sp³-hybridized carbons (Fsp3) is 0.375. The highest BCUT2D eigenvalue weighted by Crippen LogP contribution is 2.29. The lowest BCUT2D eigenvalue weighted by Crippen LogP contribution is -2.31. The third-order valence-corrected chi connectivity index (χ3v) is 3.90. The van der Waals surface area contributed by atoms with E-state index in [9.17, 15) is 22.8 Å². The minimum atomic E-state index is -4.53. The van der Waals surface area contributed by atoms with Crippen molar-refractivity contribution in [2.45, 2.75) is 37.8 Å². The largest absolute Gasteiger partial charge is 0.416 e. The van der Waals surface area contributed by atoms with Gasteiger partial charge >= 0.3 is 6.18 Å². The van der Waals surface area contributed by atoms with Crippen LogP contribution in [0.1, 0.15) is 35.7 Å². The van der Waals surface area contributed by atoms with Crippen LogP contribution in [-0.2, 0) is 17.5 Å². The summed E-state index contributed by atoms with van der Waals surface area (Å²) >= 11 is 1.04. The van der Waals surface area contributed by atoms with Gasteiger partial charge in [-0.3, -0.25) is 9.59 Å². The molecule has 0 unspecified atom stereocenters. The van der Waals surface area contributed by atoms with Crippen LogP contribution in [-0.4, -0.2) is 33.8 Å². The van der Waals surface area contributed by atoms with Crippen molar-refractivity contribution in [2.75, 3.05) is 5.75 Å². The van der Waals surface area contributed by atoms with Gasteiger partial charge in [0, 0.05) is 11.6 Å². The van der Waals surface area contributed by atoms with Crippen molar-refractivity contribution in [1.82, 2.24) is 20.8 Å². The number of hydrogen-bond donors (Lipinski definition) is 2. The molecule has 0 aliphatic carbocycles. The number of alkyl halides is 3. The van der Waals surface area contributed by atoms with E-state index in [0.29, 0.717) is 0 Å². The first-order valence-electron chi connectivity index (χ1n) is 7.85. The van der Waals surface area contributed by atoms with Crippen LogP contribution in [0.4, 0.5) is 13.2 Å². The molecule has 0 bridgehead atoms. The molecule has 1 heterocycles. The summed E-state index contributed by atoms with van der Waals surface area (Å²) in [6.07, 6.45) is -4.53. The van der Waals surface area contributed by atoms with Gasteiger partial charge in [-0.15, -0.1) is 10.2 Å². The van der Waals surface area contributed by atoms with Crippen LogP contribution in [0.25, 0.3) is 0 Å². The summed E-state index contributed by atoms with van der Waals surface area (Å²) < 4.78 is 43.3. The molecule has 0 aliphatic heterocycles. The maximum Gasteiger partial charge on any atom is 0.416 e. The van der Waals surface area contributed by atoms with Crippen molar-refractivity contribution >= 4 is 23.6 Å². The summed E-state index contributed by atoms with van der Waals surface area (Å²) in [6, 6.07) is 4.09. The van der Waals surface area contributed by atoms with Crippen molar-refractivity contribution in [3.63, 3.8) is 0 Å². The number of rotatable bonds is 7. The Morgan fingerprint density at radius 2 is 2.00 bits per heavy atom. The molecule has 0 saturated heterocycles. The van der Waals surface area contributed by atoms with E-state index in [-0.39, 0.29) is 40.9 Å². The molecule has 0 aliphatic rings. The van der Waals surface area contributed by atoms with Gasteiger partial charge < -0.3 is 15.1 Å². The average molecular weight is 402 g/mol. The number of nitrogens with one attached hydrogen (secondary N) is 2. The molecular formula is C16H17F3N4O3S. The second-order valence-corrected chi connectivity index (χ2v) is 6.66. The van der Waals surface area contributed by atoms with E-state index in [2.05, 4.69) is 20.8 Å². The SMILES string of the molecule is CC(C)NC(=O)CSc1nnc(CNC(=O)c2cccc(C(F)(F)F)c2)o1. The second-order valence-electron chi connectivity index (χ2n) is 5.73. The van der Waals surface area contributed by atoms with Gasteiger partial charge in [0.15, 0.2) is 0 Å². The minimum Gasteiger partial charge on any atom is -0.414 e. The normalized spacial score (nSPS) is 11.5. The predicted molar refractivity (Wildman–Crippen MR) is 90.9 cm³/mol. The Hall–Kier alpha value is -2.56. The fourth-order valence-electron chi connectivity index (χ4n) is 1.95. The number of hydrogen-bond acceptors (Lipinski definition) is 6. The van der Waals surface area contributed by atoms with E-state index in [1.807, 2.05) is 13.8 Å². The Kier molecular flexibility index (Phi) is 6.83. The Bertz CT molecular complexity index is 808. The molecule has 0 spiro atoms. The highest BCUT2D eigenvalue weighted by Gasteiger charge is 2.30. The maximum absolute atomic E-state index is 12.7. The first kappa shape index (κ1) is 20.7. The zero-order valence-corrected chi connectivity index (χ0v) is 15.3. The summed E-state index contributed by atoms with van der Waals surface area (Å²) in [6.45, 7) is 3.52. The zero-order valence-electron chi connectivity index (χ0n) is 14.5. The lowest BCUT2D eigenvalue weighted by molar-refractivity contribution is -0.137. The van der Waals surface area contributed by atoms with Gasteiger partial charge in [0.2, 0.25) is 11.8 Å². The second kappa shape index (κ2) is 8.89. The van der Waals surface area contributed by atoms with Crippen LogP contribution in [0, 0.1) is 0 Å². The van der Waals surface area contributed by atoms with Gasteiger partial charge in [-0.2, -0.15) is 13.2 Å². The fourth-order valence-corrected chi connectivity index (χ4v) is 2.55. The molecule has 0 fully saturated rings. The number of nitrogens with zero attached hydrogens (tertiary/aromatic N) is 2. The number of benzene rings is 1. The predicted octanol–water partition coefficient (Wildman–Crippen LogP) is 2.64. The topological polar surface area (TPSA) is 97.1 Å². The van der Waals surface area contributed by atoms with Crippen molar-refractivity contribution < 1.29 is 27.2 Å². The number of amides is 2. The van der Waals surface area contributed by atoms with Crippen LogP contribution in [0.5, 0.6) is 0 Å². The number of carbonyl (C=O) groups is 2. The molecule has 11 heteroatoms. The van der Waals surface area contributed by atoms with Crippen LogP contribution in [0.2, 0.25) is 0 Å². The number of thioether (sulfide) groups is 1. The summed E-state index contributed by atoms with van der Waals surface area (Å²) in [7, 11) is 0. The lowest BCUT2D eigenvalue weighted by Gasteiger charge is -2.08. The quantitative estimate of drug-likeness (QED) is 0.691. The smallest absolute Gasteiger partial charge is 0.414 e. The first-order valence-corrected chi connectivity index (χ1v) is 8.83. The van der Waals surface area contributed by atoms with Crippen molar-refractivity contribution in [2.24, 2.45) is 0 Å². The average Bonchev–Trinajstić information content (AvgIpc) is 3.04. The highest BCUT2D eigenvalue weighted by atomic mass is 32.2. The minimum absolute atomic E-state index is 0.0161. The van der Waals surface area contributed by atoms with E-state index in [4.69, 9.17) is 4.42 Å². The maximum atomic E-state index is 12.7. The van der Waals surface area contributed by atoms with E-state index in [1.165, 1.54) is 6.07 Å². The van der Waals surface area contributed by atoms with Crippen molar-refractivity contribution in [3.05, 3.63) is 41.3 Å². The molecule has 27 heavy (non-hydrogen) atoms. The standard InChI is InChI=1S/C16H17F3N4O3S/c1-9(2)21-12(24)8-27-15-23-22-13(26-15)7-20-14(25)10-4-3-5-11(6-10)16(17,18)19/h3-6,9H,7-8H2,1-2H3,(H,20,25)(H,21,24). The molecular weight excluding hydrogens is 385 g/mol. The van der Waals surface area contributed by atoms with Gasteiger partial charge in [-0.25, -0.2) is 0 Å². The van der Waals surface area contributed by atoms with Gasteiger partial charge in [0.25, 0.3) is 11.1 Å². The van der Waals surface area contributed by atoms with Crippen LogP contribution in [0.3, 0.4) is 0 Å². The molecule has 2 N–H and O–H groups in total. The molecule has 0 saturated carbocycles. The van der Waals surface area contributed by atoms with Crippen LogP contribution in [0.15, 0.2) is 33.9 Å². The Balaban J connectivity index is 1.87. The van der Waals surface area contributed by atoms with Crippen LogP contribution >= 0.6 is 11.8 Å². The first-order chi connectivity index (χ1) is 12.6. The lowest BCUT2D eigenvalue weighted by atomic mass is 10.1. The molecule has 2 aromatic rings. The molecule has 7 nitrogen and oxygen atoms in total. The Morgan fingerprint density at radius 3 is 2.67 bits per heavy atom. The molecule has 1 aromatic carbocycles. The molecule has 1 aromatic heterocycles. The molecule has 2 amide bonds. The molecule has 0 atom stereocenters. The number of carbonyl (C=O) groups excluding carboxylic acids is 2. The van der Waals surface area contributed by atoms with Crippen molar-refractivity contribution in [1.29, 1.82) is 0 Å². The summed E-state index contributed by atoms with van der Waals surface area (Å²) in [5.74, 6) is -0.726. The van der Waals surface area contributed by atoms with Gasteiger partial charge in [0.1, 0.15) is 0 Å².